The van der Waals surface area contributed by atoms with Crippen LogP contribution in [0, 0.1) is 0 Å². The second-order valence-corrected chi connectivity index (χ2v) is 7.33. The molecule has 1 aromatic carbocycles. The molecule has 134 valence electrons. The maximum atomic E-state index is 12.4. The highest BCUT2D eigenvalue weighted by Gasteiger charge is 2.31. The zero-order chi connectivity index (χ0) is 17.9. The van der Waals surface area contributed by atoms with Gasteiger partial charge in [0, 0.05) is 6.54 Å². The van der Waals surface area contributed by atoms with E-state index < -0.39 is 5.60 Å². The number of hydrogen-bond donors (Lipinski definition) is 0. The molecule has 6 heteroatoms. The molecule has 1 fully saturated rings. The Balaban J connectivity index is 1.65. The number of rotatable bonds is 3. The Morgan fingerprint density at radius 3 is 2.76 bits per heavy atom. The van der Waals surface area contributed by atoms with Gasteiger partial charge in [-0.1, -0.05) is 12.1 Å². The van der Waals surface area contributed by atoms with Gasteiger partial charge in [0.25, 0.3) is 0 Å². The Bertz CT molecular complexity index is 742. The number of amides is 1. The molecule has 0 spiro atoms. The van der Waals surface area contributed by atoms with E-state index in [0.29, 0.717) is 19.0 Å². The van der Waals surface area contributed by atoms with Crippen LogP contribution >= 0.6 is 0 Å². The number of fused-ring (bicyclic) bond motifs is 1. The zero-order valence-corrected chi connectivity index (χ0v) is 15.1. The van der Waals surface area contributed by atoms with Crippen LogP contribution in [0.5, 0.6) is 5.88 Å². The normalized spacial score (nSPS) is 18.2. The lowest BCUT2D eigenvalue weighted by molar-refractivity contribution is 0.00335. The molecule has 2 aromatic rings. The molecule has 1 amide bonds. The van der Waals surface area contributed by atoms with Crippen LogP contribution in [0.4, 0.5) is 4.79 Å². The number of piperidine rings is 1. The predicted octanol–water partition coefficient (Wildman–Crippen LogP) is 3.80. The van der Waals surface area contributed by atoms with Crippen LogP contribution in [-0.2, 0) is 4.74 Å². The Hall–Kier alpha value is -2.37. The molecule has 0 bridgehead atoms. The van der Waals surface area contributed by atoms with E-state index in [2.05, 4.69) is 9.97 Å². The molecule has 1 unspecified atom stereocenters. The molecular weight excluding hydrogens is 318 g/mol. The van der Waals surface area contributed by atoms with Crippen LogP contribution in [0.15, 0.2) is 30.5 Å². The summed E-state index contributed by atoms with van der Waals surface area (Å²) in [5.41, 5.74) is 1.14. The molecule has 6 nitrogen and oxygen atoms in total. The number of carbonyl (C=O) groups excluding carboxylic acids is 1. The van der Waals surface area contributed by atoms with Gasteiger partial charge in [-0.2, -0.15) is 0 Å². The van der Waals surface area contributed by atoms with Crippen LogP contribution in [0.25, 0.3) is 11.0 Å². The topological polar surface area (TPSA) is 64.5 Å². The molecular formula is C19H25N3O3. The molecule has 0 radical (unpaired) electrons. The summed E-state index contributed by atoms with van der Waals surface area (Å²) in [4.78, 5) is 23.0. The van der Waals surface area contributed by atoms with Crippen molar-refractivity contribution in [3.8, 4) is 5.88 Å². The average molecular weight is 343 g/mol. The summed E-state index contributed by atoms with van der Waals surface area (Å²) >= 11 is 0. The molecule has 0 aliphatic carbocycles. The molecule has 0 N–H and O–H groups in total. The molecule has 2 heterocycles. The molecule has 1 aromatic heterocycles. The lowest BCUT2D eigenvalue weighted by atomic mass is 10.0. The number of ether oxygens (including phenoxy) is 2. The molecule has 1 saturated heterocycles. The number of nitrogens with zero attached hydrogens (tertiary/aromatic N) is 3. The summed E-state index contributed by atoms with van der Waals surface area (Å²) in [6.45, 7) is 6.74. The molecule has 1 atom stereocenters. The van der Waals surface area contributed by atoms with Crippen molar-refractivity contribution in [3.63, 3.8) is 0 Å². The van der Waals surface area contributed by atoms with E-state index in [1.807, 2.05) is 45.0 Å². The van der Waals surface area contributed by atoms with Gasteiger partial charge in [-0.3, -0.25) is 0 Å². The third-order valence-electron chi connectivity index (χ3n) is 4.11. The van der Waals surface area contributed by atoms with Gasteiger partial charge in [-0.05, 0) is 52.2 Å². The Morgan fingerprint density at radius 1 is 1.24 bits per heavy atom. The smallest absolute Gasteiger partial charge is 0.410 e. The molecule has 3 rings (SSSR count). The Morgan fingerprint density at radius 2 is 2.00 bits per heavy atom. The number of likely N-dealkylation sites (tertiary alicyclic amines) is 1. The lowest BCUT2D eigenvalue weighted by Gasteiger charge is -2.36. The van der Waals surface area contributed by atoms with E-state index in [4.69, 9.17) is 9.47 Å². The van der Waals surface area contributed by atoms with E-state index in [0.717, 1.165) is 30.3 Å². The summed E-state index contributed by atoms with van der Waals surface area (Å²) in [5.74, 6) is 0.480. The SMILES string of the molecule is CC(C)(C)OC(=O)N1CCCCC1COc1cnc2ccccc2n1. The van der Waals surface area contributed by atoms with Crippen LogP contribution in [0.1, 0.15) is 40.0 Å². The first kappa shape index (κ1) is 17.5. The first-order valence-corrected chi connectivity index (χ1v) is 8.76. The number of benzene rings is 1. The fourth-order valence-corrected chi connectivity index (χ4v) is 2.93. The first-order chi connectivity index (χ1) is 11.9. The van der Waals surface area contributed by atoms with Crippen molar-refractivity contribution in [1.29, 1.82) is 0 Å². The minimum atomic E-state index is -0.496. The fourth-order valence-electron chi connectivity index (χ4n) is 2.93. The molecule has 25 heavy (non-hydrogen) atoms. The van der Waals surface area contributed by atoms with Gasteiger partial charge in [0.1, 0.15) is 12.2 Å². The van der Waals surface area contributed by atoms with Gasteiger partial charge in [-0.15, -0.1) is 0 Å². The van der Waals surface area contributed by atoms with Crippen molar-refractivity contribution in [2.24, 2.45) is 0 Å². The summed E-state index contributed by atoms with van der Waals surface area (Å²) in [7, 11) is 0. The lowest BCUT2D eigenvalue weighted by Crippen LogP contribution is -2.48. The summed E-state index contributed by atoms with van der Waals surface area (Å²) in [6, 6.07) is 7.67. The van der Waals surface area contributed by atoms with E-state index in [1.165, 1.54) is 0 Å². The van der Waals surface area contributed by atoms with Crippen LogP contribution in [0.2, 0.25) is 0 Å². The number of aromatic nitrogens is 2. The van der Waals surface area contributed by atoms with Crippen LogP contribution in [-0.4, -0.2) is 45.8 Å². The van der Waals surface area contributed by atoms with Crippen molar-refractivity contribution in [2.45, 2.75) is 51.7 Å². The third kappa shape index (κ3) is 4.59. The van der Waals surface area contributed by atoms with Crippen molar-refractivity contribution < 1.29 is 14.3 Å². The minimum Gasteiger partial charge on any atom is -0.474 e. The van der Waals surface area contributed by atoms with Gasteiger partial charge in [0.2, 0.25) is 5.88 Å². The Labute approximate surface area is 148 Å². The first-order valence-electron chi connectivity index (χ1n) is 8.76. The quantitative estimate of drug-likeness (QED) is 0.848. The maximum Gasteiger partial charge on any atom is 0.410 e. The average Bonchev–Trinajstić information content (AvgIpc) is 2.58. The third-order valence-corrected chi connectivity index (χ3v) is 4.11. The van der Waals surface area contributed by atoms with Crippen molar-refractivity contribution >= 4 is 17.1 Å². The van der Waals surface area contributed by atoms with Gasteiger partial charge >= 0.3 is 6.09 Å². The summed E-state index contributed by atoms with van der Waals surface area (Å²) < 4.78 is 11.4. The standard InChI is InChI=1S/C19H25N3O3/c1-19(2,3)25-18(23)22-11-7-6-8-14(22)13-24-17-12-20-15-9-4-5-10-16(15)21-17/h4-5,9-10,12,14H,6-8,11,13H2,1-3H3. The van der Waals surface area contributed by atoms with Crippen LogP contribution in [0.3, 0.4) is 0 Å². The summed E-state index contributed by atoms with van der Waals surface area (Å²) in [5, 5.41) is 0. The van der Waals surface area contributed by atoms with E-state index >= 15 is 0 Å². The van der Waals surface area contributed by atoms with Crippen molar-refractivity contribution in [3.05, 3.63) is 30.5 Å². The van der Waals surface area contributed by atoms with Crippen molar-refractivity contribution in [2.75, 3.05) is 13.2 Å². The van der Waals surface area contributed by atoms with E-state index in [-0.39, 0.29) is 12.1 Å². The highest BCUT2D eigenvalue weighted by Crippen LogP contribution is 2.21. The monoisotopic (exact) mass is 343 g/mol. The second kappa shape index (κ2) is 7.25. The highest BCUT2D eigenvalue weighted by molar-refractivity contribution is 5.74. The molecule has 1 aliphatic rings. The molecule has 1 aliphatic heterocycles. The largest absolute Gasteiger partial charge is 0.474 e. The van der Waals surface area contributed by atoms with Gasteiger partial charge < -0.3 is 14.4 Å². The second-order valence-electron chi connectivity index (χ2n) is 7.33. The van der Waals surface area contributed by atoms with Crippen LogP contribution < -0.4 is 4.74 Å². The Kier molecular flexibility index (Phi) is 5.06. The molecule has 0 saturated carbocycles. The summed E-state index contributed by atoms with van der Waals surface area (Å²) in [6.07, 6.45) is 4.33. The maximum absolute atomic E-state index is 12.4. The predicted molar refractivity (Wildman–Crippen MR) is 95.6 cm³/mol. The fraction of sp³-hybridized carbons (Fsp3) is 0.526. The highest BCUT2D eigenvalue weighted by atomic mass is 16.6. The van der Waals surface area contributed by atoms with Crippen molar-refractivity contribution in [1.82, 2.24) is 14.9 Å². The number of para-hydroxylation sites is 2. The van der Waals surface area contributed by atoms with Gasteiger partial charge in [0.05, 0.1) is 23.3 Å². The minimum absolute atomic E-state index is 0.00290. The van der Waals surface area contributed by atoms with Gasteiger partial charge in [0.15, 0.2) is 0 Å². The zero-order valence-electron chi connectivity index (χ0n) is 15.1. The number of hydrogen-bond acceptors (Lipinski definition) is 5. The number of carbonyl (C=O) groups is 1. The van der Waals surface area contributed by atoms with E-state index in [9.17, 15) is 4.79 Å². The van der Waals surface area contributed by atoms with E-state index in [1.54, 1.807) is 11.1 Å². The van der Waals surface area contributed by atoms with Gasteiger partial charge in [-0.25, -0.2) is 14.8 Å².